The van der Waals surface area contributed by atoms with Gasteiger partial charge in [-0.3, -0.25) is 13.7 Å². The van der Waals surface area contributed by atoms with Gasteiger partial charge in [0.2, 0.25) is 0 Å². The Labute approximate surface area is 107 Å². The van der Waals surface area contributed by atoms with Crippen molar-refractivity contribution in [2.45, 2.75) is 51.7 Å². The van der Waals surface area contributed by atoms with Crippen LogP contribution in [0.2, 0.25) is 0 Å². The van der Waals surface area contributed by atoms with Crippen molar-refractivity contribution in [3.05, 3.63) is 0 Å². The van der Waals surface area contributed by atoms with Crippen molar-refractivity contribution in [1.29, 1.82) is 0 Å². The van der Waals surface area contributed by atoms with Gasteiger partial charge in [-0.1, -0.05) is 27.7 Å². The number of hydrogen-bond donors (Lipinski definition) is 4. The molecule has 0 bridgehead atoms. The molecule has 18 heavy (non-hydrogen) atoms. The Bertz CT molecular complexity index is 358. The van der Waals surface area contributed by atoms with Crippen LogP contribution in [0.5, 0.6) is 0 Å². The van der Waals surface area contributed by atoms with Crippen molar-refractivity contribution in [2.24, 2.45) is 5.92 Å². The molecule has 0 saturated carbocycles. The molecule has 0 aromatic heterocycles. The summed E-state index contributed by atoms with van der Waals surface area (Å²) in [5.74, 6) is -2.37. The molecule has 0 aliphatic heterocycles. The maximum atomic E-state index is 12.0. The average Bonchev–Trinajstić information content (AvgIpc) is 2.22. The molecule has 0 aromatic carbocycles. The molecule has 0 aromatic rings. The summed E-state index contributed by atoms with van der Waals surface area (Å²) in [5, 5.41) is 7.97. The fourth-order valence-electron chi connectivity index (χ4n) is 1.47. The van der Waals surface area contributed by atoms with E-state index in [-0.39, 0.29) is 12.8 Å². The molecule has 0 amide bonds. The summed E-state index contributed by atoms with van der Waals surface area (Å²) in [7, 11) is -9.24. The molecule has 7 nitrogen and oxygen atoms in total. The molecule has 0 saturated heterocycles. The van der Waals surface area contributed by atoms with E-state index >= 15 is 0 Å². The van der Waals surface area contributed by atoms with Crippen molar-refractivity contribution in [3.8, 4) is 0 Å². The quantitative estimate of drug-likeness (QED) is 0.529. The zero-order chi connectivity index (χ0) is 14.8. The van der Waals surface area contributed by atoms with E-state index in [1.807, 2.05) is 0 Å². The van der Waals surface area contributed by atoms with Gasteiger partial charge in [0.1, 0.15) is 0 Å². The van der Waals surface area contributed by atoms with Crippen molar-refractivity contribution >= 4 is 15.2 Å². The summed E-state index contributed by atoms with van der Waals surface area (Å²) in [4.78, 5) is 27.9. The predicted molar refractivity (Wildman–Crippen MR) is 67.1 cm³/mol. The zero-order valence-corrected chi connectivity index (χ0v) is 12.8. The first-order valence-electron chi connectivity index (χ1n) is 5.70. The first-order chi connectivity index (χ1) is 7.91. The molecule has 110 valence electrons. The summed E-state index contributed by atoms with van der Waals surface area (Å²) in [6.07, 6.45) is -0.105. The summed E-state index contributed by atoms with van der Waals surface area (Å²) in [5.41, 5.74) is 0. The van der Waals surface area contributed by atoms with Crippen LogP contribution in [0.15, 0.2) is 0 Å². The van der Waals surface area contributed by atoms with Gasteiger partial charge in [0.15, 0.2) is 11.2 Å². The molecule has 0 aliphatic rings. The largest absolute Gasteiger partial charge is 0.377 e. The third-order valence-corrected chi connectivity index (χ3v) is 6.54. The monoisotopic (exact) mass is 304 g/mol. The first kappa shape index (κ1) is 18.3. The molecule has 4 N–H and O–H groups in total. The molecule has 0 heterocycles. The van der Waals surface area contributed by atoms with Gasteiger partial charge < -0.3 is 19.8 Å². The molecule has 0 fully saturated rings. The minimum absolute atomic E-state index is 0.0523. The van der Waals surface area contributed by atoms with Crippen molar-refractivity contribution in [2.75, 3.05) is 0 Å². The number of hydrogen-bond acceptors (Lipinski definition) is 4. The minimum Gasteiger partial charge on any atom is -0.377 e. The molecule has 0 aliphatic carbocycles. The summed E-state index contributed by atoms with van der Waals surface area (Å²) >= 11 is 0. The predicted octanol–water partition coefficient (Wildman–Crippen LogP) is 1.86. The van der Waals surface area contributed by atoms with E-state index in [2.05, 4.69) is 0 Å². The molecule has 2 atom stereocenters. The smallest absolute Gasteiger partial charge is 0.360 e. The Morgan fingerprint density at radius 1 is 1.11 bits per heavy atom. The second-order valence-corrected chi connectivity index (χ2v) is 8.31. The lowest BCUT2D eigenvalue weighted by molar-refractivity contribution is 0.0574. The lowest BCUT2D eigenvalue weighted by Crippen LogP contribution is -2.31. The normalized spacial score (nSPS) is 18.7. The van der Waals surface area contributed by atoms with Crippen LogP contribution in [0.3, 0.4) is 0 Å². The van der Waals surface area contributed by atoms with Gasteiger partial charge in [-0.2, -0.15) is 0 Å². The Balaban J connectivity index is 5.29. The van der Waals surface area contributed by atoms with E-state index in [1.54, 1.807) is 0 Å². The fourth-order valence-corrected chi connectivity index (χ4v) is 4.65. The van der Waals surface area contributed by atoms with Crippen LogP contribution in [-0.4, -0.2) is 31.0 Å². The Kier molecular flexibility index (Phi) is 6.23. The first-order valence-corrected chi connectivity index (χ1v) is 8.96. The van der Waals surface area contributed by atoms with E-state index in [4.69, 9.17) is 14.3 Å². The molecule has 0 rings (SSSR count). The molecule has 0 radical (unpaired) electrons. The van der Waals surface area contributed by atoms with Crippen molar-refractivity contribution in [3.63, 3.8) is 0 Å². The van der Waals surface area contributed by atoms with Gasteiger partial charge in [-0.15, -0.1) is 0 Å². The van der Waals surface area contributed by atoms with Gasteiger partial charge in [0.05, 0.1) is 0 Å². The molecule has 2 unspecified atom stereocenters. The van der Waals surface area contributed by atoms with Crippen LogP contribution in [-0.2, 0) is 13.7 Å². The van der Waals surface area contributed by atoms with E-state index in [0.717, 1.165) is 0 Å². The summed E-state index contributed by atoms with van der Waals surface area (Å²) in [6, 6.07) is 0. The lowest BCUT2D eigenvalue weighted by Gasteiger charge is -2.33. The highest BCUT2D eigenvalue weighted by molar-refractivity contribution is 7.56. The fraction of sp³-hybridized carbons (Fsp3) is 1.00. The minimum atomic E-state index is -4.68. The number of rotatable bonds is 7. The second-order valence-electron chi connectivity index (χ2n) is 4.54. The Morgan fingerprint density at radius 2 is 1.50 bits per heavy atom. The van der Waals surface area contributed by atoms with Crippen molar-refractivity contribution in [1.82, 2.24) is 0 Å². The van der Waals surface area contributed by atoms with E-state index in [1.165, 1.54) is 27.7 Å². The van der Waals surface area contributed by atoms with E-state index in [0.29, 0.717) is 0 Å². The van der Waals surface area contributed by atoms with E-state index in [9.17, 15) is 19.1 Å². The third kappa shape index (κ3) is 4.14. The Morgan fingerprint density at radius 3 is 1.72 bits per heavy atom. The van der Waals surface area contributed by atoms with Crippen LogP contribution in [0.1, 0.15) is 40.5 Å². The SMILES string of the molecule is CCC(O)(CC)P(=O)(O)OC(C(C)C)P(=O)(O)O. The van der Waals surface area contributed by atoms with Gasteiger partial charge in [-0.05, 0) is 18.8 Å². The highest BCUT2D eigenvalue weighted by Crippen LogP contribution is 2.62. The lowest BCUT2D eigenvalue weighted by atomic mass is 10.2. The average molecular weight is 304 g/mol. The van der Waals surface area contributed by atoms with Crippen LogP contribution >= 0.6 is 15.2 Å². The molecule has 9 heteroatoms. The van der Waals surface area contributed by atoms with Crippen LogP contribution in [0.4, 0.5) is 0 Å². The zero-order valence-electron chi connectivity index (χ0n) is 11.0. The third-order valence-electron chi connectivity index (χ3n) is 2.81. The van der Waals surface area contributed by atoms with Gasteiger partial charge >= 0.3 is 15.2 Å². The van der Waals surface area contributed by atoms with E-state index < -0.39 is 32.3 Å². The van der Waals surface area contributed by atoms with Crippen molar-refractivity contribution < 1.29 is 33.4 Å². The van der Waals surface area contributed by atoms with Crippen LogP contribution in [0.25, 0.3) is 0 Å². The van der Waals surface area contributed by atoms with Gasteiger partial charge in [0.25, 0.3) is 0 Å². The van der Waals surface area contributed by atoms with Gasteiger partial charge in [-0.25, -0.2) is 0 Å². The topological polar surface area (TPSA) is 124 Å². The molecular formula is C9H22O7P2. The standard InChI is InChI=1S/C9H22O7P2/c1-5-9(10,6-2)18(14,15)16-8(7(3)4)17(11,12)13/h7-8,10H,5-6H2,1-4H3,(H,14,15)(H2,11,12,13). The highest BCUT2D eigenvalue weighted by atomic mass is 31.2. The summed E-state index contributed by atoms with van der Waals surface area (Å²) in [6.45, 7) is 5.91. The maximum absolute atomic E-state index is 12.0. The summed E-state index contributed by atoms with van der Waals surface area (Å²) < 4.78 is 27.9. The maximum Gasteiger partial charge on any atom is 0.360 e. The highest BCUT2D eigenvalue weighted by Gasteiger charge is 2.49. The second kappa shape index (κ2) is 6.14. The molecular weight excluding hydrogens is 282 g/mol. The number of aliphatic hydroxyl groups is 1. The molecule has 0 spiro atoms. The Hall–Kier alpha value is 0.260. The van der Waals surface area contributed by atoms with Crippen LogP contribution in [0, 0.1) is 5.92 Å². The van der Waals surface area contributed by atoms with Gasteiger partial charge in [0, 0.05) is 0 Å². The van der Waals surface area contributed by atoms with Crippen LogP contribution < -0.4 is 0 Å².